The van der Waals surface area contributed by atoms with Gasteiger partial charge in [-0.15, -0.1) is 11.3 Å². The van der Waals surface area contributed by atoms with Gasteiger partial charge >= 0.3 is 12.3 Å². The van der Waals surface area contributed by atoms with Crippen LogP contribution in [0.3, 0.4) is 0 Å². The molecule has 31 heavy (non-hydrogen) atoms. The smallest absolute Gasteiger partial charge is 0.406 e. The lowest BCUT2D eigenvalue weighted by Crippen LogP contribution is -2.25. The second-order valence-corrected chi connectivity index (χ2v) is 7.32. The number of alkyl halides is 3. The van der Waals surface area contributed by atoms with Crippen LogP contribution >= 0.6 is 11.3 Å². The van der Waals surface area contributed by atoms with E-state index in [-0.39, 0.29) is 11.3 Å². The minimum absolute atomic E-state index is 0.141. The number of pyridine rings is 1. The number of ether oxygens (including phenoxy) is 1. The lowest BCUT2D eigenvalue weighted by Gasteiger charge is -2.10. The van der Waals surface area contributed by atoms with E-state index < -0.39 is 18.0 Å². The number of thiazole rings is 1. The molecule has 12 heteroatoms. The SMILES string of the molecule is CCc1cn(NC(=O)Oc2cnc(-c3nccs3)nc2C)c2ccc(C(F)(F)F)nc12. The molecule has 0 saturated carbocycles. The Bertz CT molecular complexity index is 1250. The summed E-state index contributed by atoms with van der Waals surface area (Å²) >= 11 is 1.38. The second-order valence-electron chi connectivity index (χ2n) is 6.42. The van der Waals surface area contributed by atoms with Gasteiger partial charge in [0.1, 0.15) is 5.69 Å². The topological polar surface area (TPSA) is 94.8 Å². The van der Waals surface area contributed by atoms with Gasteiger partial charge in [-0.25, -0.2) is 30.2 Å². The first-order chi connectivity index (χ1) is 14.8. The maximum absolute atomic E-state index is 13.0. The second kappa shape index (κ2) is 7.95. The molecule has 0 radical (unpaired) electrons. The number of nitrogens with one attached hydrogen (secondary N) is 1. The van der Waals surface area contributed by atoms with Crippen molar-refractivity contribution >= 4 is 28.5 Å². The third-order valence-corrected chi connectivity index (χ3v) is 5.14. The van der Waals surface area contributed by atoms with Crippen molar-refractivity contribution in [2.75, 3.05) is 5.43 Å². The molecule has 0 unspecified atom stereocenters. The van der Waals surface area contributed by atoms with Gasteiger partial charge in [0.15, 0.2) is 16.6 Å². The molecule has 0 fully saturated rings. The van der Waals surface area contributed by atoms with Crippen LogP contribution in [0.25, 0.3) is 21.9 Å². The van der Waals surface area contributed by atoms with Gasteiger partial charge in [0.2, 0.25) is 0 Å². The highest BCUT2D eigenvalue weighted by Crippen LogP contribution is 2.30. The Morgan fingerprint density at radius 3 is 2.71 bits per heavy atom. The lowest BCUT2D eigenvalue weighted by atomic mass is 10.2. The van der Waals surface area contributed by atoms with Crippen LogP contribution in [0.15, 0.2) is 36.1 Å². The summed E-state index contributed by atoms with van der Waals surface area (Å²) in [6.07, 6.45) is -0.479. The van der Waals surface area contributed by atoms with E-state index in [4.69, 9.17) is 4.74 Å². The molecule has 1 amide bonds. The number of carbonyl (C=O) groups is 1. The third-order valence-electron chi connectivity index (χ3n) is 4.37. The summed E-state index contributed by atoms with van der Waals surface area (Å²) in [5, 5.41) is 2.43. The zero-order valence-electron chi connectivity index (χ0n) is 16.3. The molecule has 0 atom stereocenters. The van der Waals surface area contributed by atoms with Crippen LogP contribution in [-0.4, -0.2) is 30.7 Å². The van der Waals surface area contributed by atoms with E-state index in [1.807, 2.05) is 0 Å². The van der Waals surface area contributed by atoms with Crippen LogP contribution in [-0.2, 0) is 12.6 Å². The molecule has 0 bridgehead atoms. The van der Waals surface area contributed by atoms with Crippen molar-refractivity contribution in [2.24, 2.45) is 0 Å². The average molecular weight is 448 g/mol. The molecule has 4 aromatic rings. The average Bonchev–Trinajstić information content (AvgIpc) is 3.37. The largest absolute Gasteiger partial charge is 0.433 e. The van der Waals surface area contributed by atoms with Gasteiger partial charge < -0.3 is 4.74 Å². The van der Waals surface area contributed by atoms with Crippen LogP contribution in [0.2, 0.25) is 0 Å². The van der Waals surface area contributed by atoms with E-state index in [0.717, 1.165) is 6.07 Å². The minimum Gasteiger partial charge on any atom is -0.406 e. The van der Waals surface area contributed by atoms with Crippen molar-refractivity contribution in [3.05, 3.63) is 53.1 Å². The molecule has 0 aromatic carbocycles. The number of carbonyl (C=O) groups excluding carboxylic acids is 1. The Kier molecular flexibility index (Phi) is 5.31. The Morgan fingerprint density at radius 1 is 1.26 bits per heavy atom. The van der Waals surface area contributed by atoms with Gasteiger partial charge in [-0.05, 0) is 31.0 Å². The Hall–Kier alpha value is -3.54. The van der Waals surface area contributed by atoms with E-state index in [9.17, 15) is 18.0 Å². The normalized spacial score (nSPS) is 11.6. The van der Waals surface area contributed by atoms with Gasteiger partial charge in [0, 0.05) is 17.8 Å². The summed E-state index contributed by atoms with van der Waals surface area (Å²) in [6, 6.07) is 2.11. The van der Waals surface area contributed by atoms with E-state index in [1.54, 1.807) is 25.4 Å². The first-order valence-electron chi connectivity index (χ1n) is 9.06. The fraction of sp³-hybridized carbons (Fsp3) is 0.211. The molecular formula is C19H15F3N6O2S. The first-order valence-corrected chi connectivity index (χ1v) is 9.94. The zero-order chi connectivity index (χ0) is 22.2. The van der Waals surface area contributed by atoms with Crippen molar-refractivity contribution in [3.63, 3.8) is 0 Å². The maximum atomic E-state index is 13.0. The van der Waals surface area contributed by atoms with Crippen LogP contribution in [0.1, 0.15) is 23.9 Å². The molecule has 0 spiro atoms. The van der Waals surface area contributed by atoms with Crippen molar-refractivity contribution in [1.29, 1.82) is 0 Å². The molecule has 4 rings (SSSR count). The number of fused-ring (bicyclic) bond motifs is 1. The number of hydrogen-bond donors (Lipinski definition) is 1. The van der Waals surface area contributed by atoms with E-state index in [0.29, 0.717) is 34.0 Å². The first kappa shape index (κ1) is 20.7. The number of nitrogens with zero attached hydrogens (tertiary/aromatic N) is 5. The molecule has 1 N–H and O–H groups in total. The number of halogens is 3. The van der Waals surface area contributed by atoms with Crippen molar-refractivity contribution in [1.82, 2.24) is 24.6 Å². The van der Waals surface area contributed by atoms with Crippen LogP contribution in [0, 0.1) is 6.92 Å². The predicted octanol–water partition coefficient (Wildman–Crippen LogP) is 4.58. The molecule has 0 aliphatic carbocycles. The summed E-state index contributed by atoms with van der Waals surface area (Å²) < 4.78 is 45.5. The molecule has 4 aromatic heterocycles. The fourth-order valence-electron chi connectivity index (χ4n) is 2.89. The zero-order valence-corrected chi connectivity index (χ0v) is 17.1. The summed E-state index contributed by atoms with van der Waals surface area (Å²) in [5.41, 5.74) is 2.94. The Balaban J connectivity index is 1.56. The molecule has 0 saturated heterocycles. The van der Waals surface area contributed by atoms with Crippen molar-refractivity contribution < 1.29 is 22.7 Å². The number of hydrogen-bond acceptors (Lipinski definition) is 7. The van der Waals surface area contributed by atoms with Gasteiger partial charge in [0.25, 0.3) is 0 Å². The molecule has 4 heterocycles. The highest BCUT2D eigenvalue weighted by molar-refractivity contribution is 7.12. The molecular weight excluding hydrogens is 433 g/mol. The Morgan fingerprint density at radius 2 is 2.06 bits per heavy atom. The van der Waals surface area contributed by atoms with Gasteiger partial charge in [-0.1, -0.05) is 6.92 Å². The van der Waals surface area contributed by atoms with Crippen molar-refractivity contribution in [3.8, 4) is 16.6 Å². The predicted molar refractivity (Wildman–Crippen MR) is 107 cm³/mol. The van der Waals surface area contributed by atoms with Gasteiger partial charge in [-0.2, -0.15) is 13.2 Å². The molecule has 0 aliphatic rings. The quantitative estimate of drug-likeness (QED) is 0.491. The molecule has 0 aliphatic heterocycles. The third kappa shape index (κ3) is 4.19. The molecule has 8 nitrogen and oxygen atoms in total. The van der Waals surface area contributed by atoms with Gasteiger partial charge in [-0.3, -0.25) is 4.68 Å². The maximum Gasteiger partial charge on any atom is 0.433 e. The van der Waals surface area contributed by atoms with E-state index in [1.165, 1.54) is 34.5 Å². The highest BCUT2D eigenvalue weighted by atomic mass is 32.1. The van der Waals surface area contributed by atoms with Crippen molar-refractivity contribution in [2.45, 2.75) is 26.4 Å². The van der Waals surface area contributed by atoms with Crippen LogP contribution in [0.4, 0.5) is 18.0 Å². The monoisotopic (exact) mass is 448 g/mol. The standard InChI is InChI=1S/C19H15F3N6O2S/c1-3-11-9-28(12-4-5-14(19(20,21)22)26-15(11)12)27-18(29)30-13-8-24-16(25-10(13)2)17-23-6-7-31-17/h4-9H,3H2,1-2H3,(H,27,29). The Labute approximate surface area is 177 Å². The minimum atomic E-state index is -4.56. The summed E-state index contributed by atoms with van der Waals surface area (Å²) in [6.45, 7) is 3.44. The lowest BCUT2D eigenvalue weighted by molar-refractivity contribution is -0.140. The highest BCUT2D eigenvalue weighted by Gasteiger charge is 2.33. The fourth-order valence-corrected chi connectivity index (χ4v) is 3.47. The summed E-state index contributed by atoms with van der Waals surface area (Å²) in [7, 11) is 0. The van der Waals surface area contributed by atoms with Crippen LogP contribution in [0.5, 0.6) is 5.75 Å². The van der Waals surface area contributed by atoms with E-state index in [2.05, 4.69) is 25.4 Å². The number of aryl methyl sites for hydroxylation is 2. The molecule has 160 valence electrons. The number of amides is 1. The van der Waals surface area contributed by atoms with E-state index >= 15 is 0 Å². The number of rotatable bonds is 4. The van der Waals surface area contributed by atoms with Crippen LogP contribution < -0.4 is 10.2 Å². The summed E-state index contributed by atoms with van der Waals surface area (Å²) in [4.78, 5) is 28.7. The summed E-state index contributed by atoms with van der Waals surface area (Å²) in [5.74, 6) is 0.554. The number of aromatic nitrogens is 5. The van der Waals surface area contributed by atoms with Gasteiger partial charge in [0.05, 0.1) is 22.9 Å².